The Labute approximate surface area is 49.4 Å². The molecule has 0 bridgehead atoms. The average Bonchev–Trinajstić information content (AvgIpc) is 1.65. The monoisotopic (exact) mass is 176 g/mol. The van der Waals surface area contributed by atoms with Crippen LogP contribution in [0.5, 0.6) is 0 Å². The predicted octanol–water partition coefficient (Wildman–Crippen LogP) is 2.18. The van der Waals surface area contributed by atoms with E-state index < -0.39 is 17.0 Å². The van der Waals surface area contributed by atoms with E-state index in [1.165, 1.54) is 5.23 Å². The molecule has 1 nitrogen and oxygen atoms in total. The normalized spacial score (nSPS) is 13.7. The molecule has 0 saturated heterocycles. The molecule has 0 aliphatic heterocycles. The second-order valence-electron chi connectivity index (χ2n) is 0.681. The number of halogens is 1. The molecular formula is CH4FOP3S. The van der Waals surface area contributed by atoms with E-state index in [2.05, 4.69) is 17.9 Å². The van der Waals surface area contributed by atoms with Gasteiger partial charge < -0.3 is 0 Å². The molecule has 3 atom stereocenters. The van der Waals surface area contributed by atoms with Gasteiger partial charge in [0.1, 0.15) is 10.5 Å². The fourth-order valence-corrected chi connectivity index (χ4v) is 1.16. The lowest BCUT2D eigenvalue weighted by Crippen LogP contribution is -1.37. The lowest BCUT2D eigenvalue weighted by molar-refractivity contribution is 0.571. The molecule has 3 unspecified atom stereocenters. The van der Waals surface area contributed by atoms with Crippen LogP contribution in [-0.2, 0) is 4.79 Å². The molecule has 0 rings (SSSR count). The van der Waals surface area contributed by atoms with Gasteiger partial charge in [0.15, 0.2) is 5.23 Å². The summed E-state index contributed by atoms with van der Waals surface area (Å²) in [6.45, 7) is -0.891. The van der Waals surface area contributed by atoms with Gasteiger partial charge >= 0.3 is 0 Å². The van der Waals surface area contributed by atoms with Gasteiger partial charge in [-0.15, -0.1) is 0 Å². The van der Waals surface area contributed by atoms with Crippen LogP contribution < -0.4 is 0 Å². The second-order valence-corrected chi connectivity index (χ2v) is 11.6. The van der Waals surface area contributed by atoms with E-state index in [1.54, 1.807) is 0 Å². The fourth-order valence-electron chi connectivity index (χ4n) is 0.0430. The van der Waals surface area contributed by atoms with Crippen LogP contribution in [0.1, 0.15) is 0 Å². The van der Waals surface area contributed by atoms with Crippen molar-refractivity contribution in [1.82, 2.24) is 0 Å². The molecule has 7 heavy (non-hydrogen) atoms. The fraction of sp³-hybridized carbons (Fsp3) is 0. The van der Waals surface area contributed by atoms with E-state index in [0.29, 0.717) is 0 Å². The first-order chi connectivity index (χ1) is 3.18. The van der Waals surface area contributed by atoms with Crippen molar-refractivity contribution in [3.05, 3.63) is 0 Å². The third kappa shape index (κ3) is 3.71. The Morgan fingerprint density at radius 2 is 2.14 bits per heavy atom. The molecule has 0 amide bonds. The van der Waals surface area contributed by atoms with Gasteiger partial charge in [0, 0.05) is 6.50 Å². The summed E-state index contributed by atoms with van der Waals surface area (Å²) >= 11 is 0. The smallest absolute Gasteiger partial charge is 0.192 e. The van der Waals surface area contributed by atoms with Crippen LogP contribution >= 0.6 is 34.8 Å². The van der Waals surface area contributed by atoms with E-state index in [4.69, 9.17) is 0 Å². The molecule has 0 aliphatic rings. The molecule has 0 heterocycles. The summed E-state index contributed by atoms with van der Waals surface area (Å²) in [5.74, 6) is 0. The Morgan fingerprint density at radius 3 is 2.14 bits per heavy atom. The first-order valence-corrected chi connectivity index (χ1v) is 7.57. The van der Waals surface area contributed by atoms with Gasteiger partial charge in [-0.2, -0.15) is 3.89 Å². The number of rotatable bonds is 1. The molecule has 0 aliphatic carbocycles. The maximum atomic E-state index is 11.8. The van der Waals surface area contributed by atoms with Crippen molar-refractivity contribution >= 4 is 40.1 Å². The summed E-state index contributed by atoms with van der Waals surface area (Å²) in [6, 6.07) is 0. The van der Waals surface area contributed by atoms with Gasteiger partial charge in [-0.3, -0.25) is 0 Å². The molecule has 0 aromatic carbocycles. The van der Waals surface area contributed by atoms with Crippen molar-refractivity contribution in [2.45, 2.75) is 0 Å². The number of carbonyl (C=O) groups excluding carboxylic acids is 1. The molecule has 0 fully saturated rings. The Morgan fingerprint density at radius 1 is 1.71 bits per heavy atom. The highest BCUT2D eigenvalue weighted by Crippen LogP contribution is 2.68. The Balaban J connectivity index is 3.81. The molecule has 6 heteroatoms. The van der Waals surface area contributed by atoms with Crippen molar-refractivity contribution < 1.29 is 8.68 Å². The lowest BCUT2D eigenvalue weighted by Gasteiger charge is -1.92. The minimum atomic E-state index is -1.64. The van der Waals surface area contributed by atoms with Crippen LogP contribution in [0.2, 0.25) is 0 Å². The highest BCUT2D eigenvalue weighted by molar-refractivity contribution is 8.89. The summed E-state index contributed by atoms with van der Waals surface area (Å²) in [6.07, 6.45) is 0. The zero-order valence-corrected chi connectivity index (χ0v) is 7.32. The van der Waals surface area contributed by atoms with E-state index >= 15 is 0 Å². The predicted molar refractivity (Wildman–Crippen MR) is 40.7 cm³/mol. The lowest BCUT2D eigenvalue weighted by atomic mass is 11.9. The number of hydrogen-bond donors (Lipinski definition) is 0. The maximum Gasteiger partial charge on any atom is 0.192 e. The van der Waals surface area contributed by atoms with E-state index in [1.807, 2.05) is 0 Å². The molecule has 0 spiro atoms. The maximum absolute atomic E-state index is 11.8. The summed E-state index contributed by atoms with van der Waals surface area (Å²) in [4.78, 5) is 9.45. The summed E-state index contributed by atoms with van der Waals surface area (Å²) in [7, 11) is 2.80. The zero-order chi connectivity index (χ0) is 5.86. The van der Waals surface area contributed by atoms with Crippen LogP contribution in [0.4, 0.5) is 3.89 Å². The number of hydrogen-bond acceptors (Lipinski definition) is 1. The topological polar surface area (TPSA) is 17.1 Å². The van der Waals surface area contributed by atoms with E-state index in [-0.39, 0.29) is 0 Å². The highest BCUT2D eigenvalue weighted by Gasteiger charge is 1.96. The van der Waals surface area contributed by atoms with Gasteiger partial charge in [0.25, 0.3) is 0 Å². The Hall–Kier alpha value is 1.15. The van der Waals surface area contributed by atoms with Gasteiger partial charge in [-0.1, -0.05) is 17.9 Å². The molecule has 0 radical (unpaired) electrons. The SMILES string of the molecule is O=C=S(F)P(P)P. The average molecular weight is 176 g/mol. The molecule has 0 saturated carbocycles. The van der Waals surface area contributed by atoms with Crippen LogP contribution in [0, 0.1) is 0 Å². The van der Waals surface area contributed by atoms with Crippen molar-refractivity contribution in [3.8, 4) is 0 Å². The summed E-state index contributed by atoms with van der Waals surface area (Å²) in [5.41, 5.74) is 0. The van der Waals surface area contributed by atoms with Crippen LogP contribution in [-0.4, -0.2) is 5.23 Å². The van der Waals surface area contributed by atoms with Crippen LogP contribution in [0.15, 0.2) is 0 Å². The summed E-state index contributed by atoms with van der Waals surface area (Å²) < 4.78 is 11.8. The minimum Gasteiger partial charge on any atom is -0.224 e. The van der Waals surface area contributed by atoms with Gasteiger partial charge in [0.2, 0.25) is 0 Å². The van der Waals surface area contributed by atoms with Gasteiger partial charge in [-0.05, 0) is 0 Å². The largest absolute Gasteiger partial charge is 0.224 e. The summed E-state index contributed by atoms with van der Waals surface area (Å²) in [5, 5.41) is 1.26. The van der Waals surface area contributed by atoms with E-state index in [9.17, 15) is 8.68 Å². The van der Waals surface area contributed by atoms with Crippen molar-refractivity contribution in [2.24, 2.45) is 0 Å². The van der Waals surface area contributed by atoms with Crippen molar-refractivity contribution in [3.63, 3.8) is 0 Å². The highest BCUT2D eigenvalue weighted by atomic mass is 33.1. The van der Waals surface area contributed by atoms with Crippen LogP contribution in [0.25, 0.3) is 0 Å². The molecule has 0 N–H and O–H groups in total. The standard InChI is InChI=1S/CH4FOP3S/c2-7(1-3)6(4)5/h4-5H2. The first-order valence-electron chi connectivity index (χ1n) is 1.26. The van der Waals surface area contributed by atoms with E-state index in [0.717, 1.165) is 0 Å². The van der Waals surface area contributed by atoms with Gasteiger partial charge in [0.05, 0.1) is 0 Å². The molecule has 0 aromatic rings. The van der Waals surface area contributed by atoms with Crippen LogP contribution in [0.3, 0.4) is 0 Å². The third-order valence-electron chi connectivity index (χ3n) is 0.254. The molecule has 42 valence electrons. The third-order valence-corrected chi connectivity index (χ3v) is 5.43. The van der Waals surface area contributed by atoms with Gasteiger partial charge in [-0.25, -0.2) is 4.79 Å². The second kappa shape index (κ2) is 4.07. The zero-order valence-electron chi connectivity index (χ0n) is 3.30. The quantitative estimate of drug-likeness (QED) is 0.442. The van der Waals surface area contributed by atoms with Crippen molar-refractivity contribution in [1.29, 1.82) is 0 Å². The first kappa shape index (κ1) is 8.15. The molecular weight excluding hydrogens is 172 g/mol. The molecule has 0 aromatic heterocycles. The Kier molecular flexibility index (Phi) is 4.74. The van der Waals surface area contributed by atoms with Crippen molar-refractivity contribution in [2.75, 3.05) is 0 Å². The Bertz CT molecular complexity index is 108. The minimum absolute atomic E-state index is 0.891.